The third-order valence-electron chi connectivity index (χ3n) is 5.98. The van der Waals surface area contributed by atoms with Crippen molar-refractivity contribution < 1.29 is 24.2 Å². The molecule has 0 amide bonds. The summed E-state index contributed by atoms with van der Waals surface area (Å²) in [6.45, 7) is 6.62. The normalized spacial score (nSPS) is 12.2. The largest absolute Gasteiger partial charge is 0.493 e. The minimum Gasteiger partial charge on any atom is -0.493 e. The fourth-order valence-corrected chi connectivity index (χ4v) is 3.93. The standard InChI is InChI=1S/C30H35NO5/c1-5-23-11-15-28(27(20-23)30(31-34-4)25-9-7-6-8-10-25)36-22(3)17-18-35-26-14-12-24(21(2)19-26)13-16-29(32)33/h6-12,14-15,19-20,22H,5,13,16-18H2,1-4H3,(H,32,33)/t22-/m1/s1. The first kappa shape index (κ1) is 26.8. The fraction of sp³-hybridized carbons (Fsp3) is 0.333. The number of carboxylic acids is 1. The van der Waals surface area contributed by atoms with Crippen LogP contribution in [0.5, 0.6) is 11.5 Å². The summed E-state index contributed by atoms with van der Waals surface area (Å²) in [4.78, 5) is 16.0. The van der Waals surface area contributed by atoms with E-state index in [1.165, 1.54) is 5.56 Å². The molecule has 0 saturated heterocycles. The van der Waals surface area contributed by atoms with Crippen LogP contribution in [0.4, 0.5) is 0 Å². The molecule has 0 aliphatic rings. The number of oxime groups is 1. The van der Waals surface area contributed by atoms with Gasteiger partial charge in [0.1, 0.15) is 24.3 Å². The highest BCUT2D eigenvalue weighted by Crippen LogP contribution is 2.26. The van der Waals surface area contributed by atoms with Crippen molar-refractivity contribution in [3.8, 4) is 11.5 Å². The van der Waals surface area contributed by atoms with Crippen molar-refractivity contribution in [1.82, 2.24) is 0 Å². The predicted molar refractivity (Wildman–Crippen MR) is 142 cm³/mol. The van der Waals surface area contributed by atoms with Crippen molar-refractivity contribution in [2.75, 3.05) is 13.7 Å². The van der Waals surface area contributed by atoms with E-state index >= 15 is 0 Å². The Morgan fingerprint density at radius 3 is 2.50 bits per heavy atom. The number of hydrogen-bond donors (Lipinski definition) is 1. The van der Waals surface area contributed by atoms with E-state index in [1.54, 1.807) is 7.11 Å². The smallest absolute Gasteiger partial charge is 0.303 e. The molecular weight excluding hydrogens is 454 g/mol. The minimum absolute atomic E-state index is 0.0910. The summed E-state index contributed by atoms with van der Waals surface area (Å²) in [6.07, 6.45) is 2.14. The molecule has 1 N–H and O–H groups in total. The Kier molecular flexibility index (Phi) is 9.92. The maximum Gasteiger partial charge on any atom is 0.303 e. The van der Waals surface area contributed by atoms with Gasteiger partial charge in [-0.25, -0.2) is 0 Å². The molecule has 0 bridgehead atoms. The van der Waals surface area contributed by atoms with Gasteiger partial charge in [-0.1, -0.05) is 54.5 Å². The maximum absolute atomic E-state index is 10.8. The van der Waals surface area contributed by atoms with E-state index in [9.17, 15) is 4.79 Å². The highest BCUT2D eigenvalue weighted by molar-refractivity contribution is 6.14. The van der Waals surface area contributed by atoms with Crippen LogP contribution in [0.2, 0.25) is 0 Å². The summed E-state index contributed by atoms with van der Waals surface area (Å²) in [6, 6.07) is 21.9. The molecule has 190 valence electrons. The number of carboxylic acid groups (broad SMARTS) is 1. The molecule has 3 aromatic carbocycles. The molecule has 0 saturated carbocycles. The highest BCUT2D eigenvalue weighted by atomic mass is 16.6. The van der Waals surface area contributed by atoms with Crippen molar-refractivity contribution in [3.05, 3.63) is 94.5 Å². The van der Waals surface area contributed by atoms with Crippen LogP contribution in [0.1, 0.15) is 54.5 Å². The van der Waals surface area contributed by atoms with Gasteiger partial charge in [0.15, 0.2) is 0 Å². The average Bonchev–Trinajstić information content (AvgIpc) is 2.87. The molecular formula is C30H35NO5. The van der Waals surface area contributed by atoms with E-state index in [0.29, 0.717) is 19.4 Å². The van der Waals surface area contributed by atoms with Gasteiger partial charge < -0.3 is 19.4 Å². The average molecular weight is 490 g/mol. The van der Waals surface area contributed by atoms with Crippen LogP contribution in [0, 0.1) is 6.92 Å². The molecule has 0 fully saturated rings. The molecule has 6 heteroatoms. The summed E-state index contributed by atoms with van der Waals surface area (Å²) in [5, 5.41) is 13.2. The van der Waals surface area contributed by atoms with Crippen LogP contribution >= 0.6 is 0 Å². The molecule has 0 unspecified atom stereocenters. The van der Waals surface area contributed by atoms with Crippen molar-refractivity contribution >= 4 is 11.7 Å². The molecule has 3 rings (SSSR count). The Morgan fingerprint density at radius 2 is 1.83 bits per heavy atom. The molecule has 36 heavy (non-hydrogen) atoms. The topological polar surface area (TPSA) is 77.4 Å². The Bertz CT molecular complexity index is 1170. The third-order valence-corrected chi connectivity index (χ3v) is 5.98. The van der Waals surface area contributed by atoms with Crippen LogP contribution in [-0.4, -0.2) is 36.6 Å². The first-order valence-corrected chi connectivity index (χ1v) is 12.3. The lowest BCUT2D eigenvalue weighted by atomic mass is 9.98. The van der Waals surface area contributed by atoms with Gasteiger partial charge in [-0.05, 0) is 67.6 Å². The molecule has 0 aliphatic carbocycles. The first-order chi connectivity index (χ1) is 17.4. The van der Waals surface area contributed by atoms with Gasteiger partial charge in [0.25, 0.3) is 0 Å². The number of carbonyl (C=O) groups is 1. The lowest BCUT2D eigenvalue weighted by molar-refractivity contribution is -0.136. The van der Waals surface area contributed by atoms with Gasteiger partial charge >= 0.3 is 5.97 Å². The summed E-state index contributed by atoms with van der Waals surface area (Å²) >= 11 is 0. The molecule has 0 aliphatic heterocycles. The van der Waals surface area contributed by atoms with Gasteiger partial charge in [0.2, 0.25) is 0 Å². The molecule has 0 radical (unpaired) electrons. The van der Waals surface area contributed by atoms with Gasteiger partial charge in [-0.3, -0.25) is 4.79 Å². The second kappa shape index (κ2) is 13.3. The van der Waals surface area contributed by atoms with Crippen LogP contribution < -0.4 is 9.47 Å². The summed E-state index contributed by atoms with van der Waals surface area (Å²) in [5.74, 6) is 0.726. The zero-order valence-corrected chi connectivity index (χ0v) is 21.5. The fourth-order valence-electron chi connectivity index (χ4n) is 3.93. The molecule has 6 nitrogen and oxygen atoms in total. The minimum atomic E-state index is -0.791. The monoisotopic (exact) mass is 489 g/mol. The quantitative estimate of drug-likeness (QED) is 0.228. The second-order valence-corrected chi connectivity index (χ2v) is 8.72. The summed E-state index contributed by atoms with van der Waals surface area (Å²) in [5.41, 5.74) is 5.82. The number of rotatable bonds is 13. The van der Waals surface area contributed by atoms with Crippen LogP contribution in [-0.2, 0) is 22.5 Å². The third kappa shape index (κ3) is 7.60. The zero-order valence-electron chi connectivity index (χ0n) is 21.5. The number of benzene rings is 3. The Morgan fingerprint density at radius 1 is 1.06 bits per heavy atom. The van der Waals surface area contributed by atoms with E-state index in [-0.39, 0.29) is 12.5 Å². The van der Waals surface area contributed by atoms with Crippen LogP contribution in [0.3, 0.4) is 0 Å². The van der Waals surface area contributed by atoms with Crippen molar-refractivity contribution in [3.63, 3.8) is 0 Å². The molecule has 3 aromatic rings. The summed E-state index contributed by atoms with van der Waals surface area (Å²) in [7, 11) is 1.55. The number of aryl methyl sites for hydroxylation is 3. The lowest BCUT2D eigenvalue weighted by Gasteiger charge is -2.19. The Hall–Kier alpha value is -3.80. The Balaban J connectivity index is 1.67. The van der Waals surface area contributed by atoms with Gasteiger partial charge in [0, 0.05) is 24.0 Å². The number of nitrogens with zero attached hydrogens (tertiary/aromatic N) is 1. The SMILES string of the molecule is CCc1ccc(O[C@H](C)CCOc2ccc(CCC(=O)O)c(C)c2)c(C(=NOC)c2ccccc2)c1. The molecule has 0 spiro atoms. The van der Waals surface area contributed by atoms with Gasteiger partial charge in [0.05, 0.1) is 12.7 Å². The Labute approximate surface area is 213 Å². The van der Waals surface area contributed by atoms with E-state index in [2.05, 4.69) is 24.2 Å². The van der Waals surface area contributed by atoms with E-state index in [0.717, 1.165) is 45.9 Å². The lowest BCUT2D eigenvalue weighted by Crippen LogP contribution is -2.18. The van der Waals surface area contributed by atoms with Gasteiger partial charge in [-0.15, -0.1) is 0 Å². The van der Waals surface area contributed by atoms with Crippen LogP contribution in [0.15, 0.2) is 71.9 Å². The van der Waals surface area contributed by atoms with Crippen LogP contribution in [0.25, 0.3) is 0 Å². The zero-order chi connectivity index (χ0) is 25.9. The number of hydrogen-bond acceptors (Lipinski definition) is 5. The number of ether oxygens (including phenoxy) is 2. The molecule has 0 heterocycles. The predicted octanol–water partition coefficient (Wildman–Crippen LogP) is 6.21. The van der Waals surface area contributed by atoms with E-state index < -0.39 is 5.97 Å². The summed E-state index contributed by atoms with van der Waals surface area (Å²) < 4.78 is 12.3. The van der Waals surface area contributed by atoms with Gasteiger partial charge in [-0.2, -0.15) is 0 Å². The maximum atomic E-state index is 10.8. The van der Waals surface area contributed by atoms with Crippen molar-refractivity contribution in [2.24, 2.45) is 5.16 Å². The van der Waals surface area contributed by atoms with E-state index in [1.807, 2.05) is 68.4 Å². The second-order valence-electron chi connectivity index (χ2n) is 8.72. The van der Waals surface area contributed by atoms with Crippen molar-refractivity contribution in [2.45, 2.75) is 52.6 Å². The van der Waals surface area contributed by atoms with E-state index in [4.69, 9.17) is 19.4 Å². The first-order valence-electron chi connectivity index (χ1n) is 12.3. The highest BCUT2D eigenvalue weighted by Gasteiger charge is 2.17. The molecule has 1 atom stereocenters. The van der Waals surface area contributed by atoms with Crippen molar-refractivity contribution in [1.29, 1.82) is 0 Å². The molecule has 0 aromatic heterocycles. The number of aliphatic carboxylic acids is 1.